The Morgan fingerprint density at radius 1 is 0.337 bits per heavy atom. The number of aliphatic hydroxyl groups excluding tert-OH is 2. The van der Waals surface area contributed by atoms with Gasteiger partial charge in [-0.25, -0.2) is 0 Å². The minimum Gasteiger partial charge on any atom is -0.466 e. The molecular weight excluding hydrogens is 1020 g/mol. The van der Waals surface area contributed by atoms with Crippen molar-refractivity contribution in [3.63, 3.8) is 0 Å². The van der Waals surface area contributed by atoms with Crippen molar-refractivity contribution in [2.75, 3.05) is 13.2 Å². The number of carbonyl (C=O) groups is 2. The molecule has 0 heterocycles. The van der Waals surface area contributed by atoms with Gasteiger partial charge < -0.3 is 20.3 Å². The number of esters is 1. The molecular formula is C77H147NO5. The maximum Gasteiger partial charge on any atom is 0.305 e. The Labute approximate surface area is 519 Å². The molecule has 0 aliphatic carbocycles. The zero-order chi connectivity index (χ0) is 59.9. The van der Waals surface area contributed by atoms with Crippen molar-refractivity contribution in [1.82, 2.24) is 5.32 Å². The maximum absolute atomic E-state index is 12.6. The van der Waals surface area contributed by atoms with Crippen molar-refractivity contribution in [3.05, 3.63) is 36.5 Å². The zero-order valence-electron chi connectivity index (χ0n) is 56.2. The van der Waals surface area contributed by atoms with E-state index in [2.05, 4.69) is 55.6 Å². The molecule has 0 bridgehead atoms. The fraction of sp³-hybridized carbons (Fsp3) is 0.896. The first-order chi connectivity index (χ1) is 41.0. The number of nitrogens with one attached hydrogen (secondary N) is 1. The highest BCUT2D eigenvalue weighted by molar-refractivity contribution is 5.76. The van der Waals surface area contributed by atoms with Crippen LogP contribution in [0.5, 0.6) is 0 Å². The van der Waals surface area contributed by atoms with Crippen LogP contribution in [0, 0.1) is 0 Å². The standard InChI is InChI=1S/C77H147NO5/c1-3-5-7-9-11-13-15-17-19-20-21-22-33-36-39-42-45-49-53-57-61-65-69-75(80)74(73-79)78-76(81)70-66-62-58-54-50-46-43-40-37-34-31-29-27-25-23-24-26-28-30-32-35-38-41-44-48-52-56-60-64-68-72-83-77(82)71-67-63-59-55-51-47-18-16-14-12-10-8-6-4-2/h10,12,16,18,24,26,74-75,79-80H,3-9,11,13-15,17,19-23,25,27-73H2,1-2H3,(H,78,81)/b12-10-,18-16-,26-24-. The summed E-state index contributed by atoms with van der Waals surface area (Å²) in [4.78, 5) is 24.6. The summed E-state index contributed by atoms with van der Waals surface area (Å²) >= 11 is 0. The summed E-state index contributed by atoms with van der Waals surface area (Å²) in [6.45, 7) is 4.95. The third-order valence-electron chi connectivity index (χ3n) is 17.7. The van der Waals surface area contributed by atoms with Crippen LogP contribution in [0.1, 0.15) is 418 Å². The van der Waals surface area contributed by atoms with Crippen molar-refractivity contribution in [3.8, 4) is 0 Å². The van der Waals surface area contributed by atoms with Crippen molar-refractivity contribution in [2.24, 2.45) is 0 Å². The van der Waals surface area contributed by atoms with E-state index in [-0.39, 0.29) is 18.5 Å². The van der Waals surface area contributed by atoms with Crippen LogP contribution in [0.2, 0.25) is 0 Å². The first-order valence-electron chi connectivity index (χ1n) is 37.7. The van der Waals surface area contributed by atoms with E-state index in [1.54, 1.807) is 0 Å². The minimum absolute atomic E-state index is 0.00302. The molecule has 0 aromatic carbocycles. The van der Waals surface area contributed by atoms with Gasteiger partial charge >= 0.3 is 5.97 Å². The van der Waals surface area contributed by atoms with Gasteiger partial charge in [-0.15, -0.1) is 0 Å². The maximum atomic E-state index is 12.6. The number of unbranched alkanes of at least 4 members (excludes halogenated alkanes) is 54. The van der Waals surface area contributed by atoms with Crippen LogP contribution in [-0.2, 0) is 14.3 Å². The molecule has 0 aliphatic rings. The molecule has 6 heteroatoms. The lowest BCUT2D eigenvalue weighted by molar-refractivity contribution is -0.143. The number of rotatable bonds is 71. The van der Waals surface area contributed by atoms with Crippen molar-refractivity contribution >= 4 is 11.9 Å². The number of hydrogen-bond donors (Lipinski definition) is 3. The van der Waals surface area contributed by atoms with E-state index in [1.807, 2.05) is 0 Å². The molecule has 1 amide bonds. The Hall–Kier alpha value is -1.92. The molecule has 490 valence electrons. The molecule has 2 atom stereocenters. The third-order valence-corrected chi connectivity index (χ3v) is 17.7. The highest BCUT2D eigenvalue weighted by Crippen LogP contribution is 2.19. The fourth-order valence-electron chi connectivity index (χ4n) is 11.9. The number of hydrogen-bond acceptors (Lipinski definition) is 5. The number of carbonyl (C=O) groups excluding carboxylic acids is 2. The molecule has 0 saturated heterocycles. The highest BCUT2D eigenvalue weighted by Gasteiger charge is 2.20. The number of ether oxygens (including phenoxy) is 1. The van der Waals surface area contributed by atoms with E-state index in [0.717, 1.165) is 51.4 Å². The topological polar surface area (TPSA) is 95.9 Å². The zero-order valence-corrected chi connectivity index (χ0v) is 56.2. The molecule has 3 N–H and O–H groups in total. The van der Waals surface area contributed by atoms with Gasteiger partial charge in [0.1, 0.15) is 0 Å². The summed E-state index contributed by atoms with van der Waals surface area (Å²) in [5, 5.41) is 23.5. The van der Waals surface area contributed by atoms with Gasteiger partial charge in [-0.1, -0.05) is 365 Å². The summed E-state index contributed by atoms with van der Waals surface area (Å²) in [6.07, 6.45) is 93.6. The first-order valence-corrected chi connectivity index (χ1v) is 37.7. The third kappa shape index (κ3) is 69.1. The smallest absolute Gasteiger partial charge is 0.305 e. The highest BCUT2D eigenvalue weighted by atomic mass is 16.5. The molecule has 0 fully saturated rings. The molecule has 0 saturated carbocycles. The predicted octanol–water partition coefficient (Wildman–Crippen LogP) is 24.7. The van der Waals surface area contributed by atoms with Gasteiger partial charge in [0.15, 0.2) is 0 Å². The van der Waals surface area contributed by atoms with E-state index in [4.69, 9.17) is 4.74 Å². The van der Waals surface area contributed by atoms with Gasteiger partial charge in [-0.05, 0) is 77.0 Å². The van der Waals surface area contributed by atoms with Crippen LogP contribution in [0.25, 0.3) is 0 Å². The quantitative estimate of drug-likeness (QED) is 0.0320. The Morgan fingerprint density at radius 2 is 0.614 bits per heavy atom. The van der Waals surface area contributed by atoms with E-state index < -0.39 is 12.1 Å². The lowest BCUT2D eigenvalue weighted by Gasteiger charge is -2.22. The second kappa shape index (κ2) is 72.6. The van der Waals surface area contributed by atoms with Crippen LogP contribution < -0.4 is 5.32 Å². The van der Waals surface area contributed by atoms with Gasteiger partial charge in [-0.2, -0.15) is 0 Å². The van der Waals surface area contributed by atoms with Gasteiger partial charge in [0.25, 0.3) is 0 Å². The van der Waals surface area contributed by atoms with Crippen molar-refractivity contribution < 1.29 is 24.5 Å². The Balaban J connectivity index is 3.37. The van der Waals surface area contributed by atoms with Crippen molar-refractivity contribution in [1.29, 1.82) is 0 Å². The molecule has 0 aliphatic heterocycles. The summed E-state index contributed by atoms with van der Waals surface area (Å²) < 4.78 is 5.48. The minimum atomic E-state index is -0.665. The molecule has 0 aromatic rings. The number of aliphatic hydroxyl groups is 2. The molecule has 0 spiro atoms. The van der Waals surface area contributed by atoms with Crippen LogP contribution >= 0.6 is 0 Å². The van der Waals surface area contributed by atoms with Crippen LogP contribution in [0.3, 0.4) is 0 Å². The van der Waals surface area contributed by atoms with Crippen LogP contribution in [-0.4, -0.2) is 47.4 Å². The molecule has 0 radical (unpaired) electrons. The lowest BCUT2D eigenvalue weighted by atomic mass is 10.0. The fourth-order valence-corrected chi connectivity index (χ4v) is 11.9. The normalized spacial score (nSPS) is 12.7. The largest absolute Gasteiger partial charge is 0.466 e. The number of amides is 1. The molecule has 2 unspecified atom stereocenters. The van der Waals surface area contributed by atoms with E-state index in [9.17, 15) is 19.8 Å². The van der Waals surface area contributed by atoms with E-state index in [0.29, 0.717) is 25.9 Å². The average Bonchev–Trinajstić information content (AvgIpc) is 3.49. The van der Waals surface area contributed by atoms with Crippen LogP contribution in [0.15, 0.2) is 36.5 Å². The van der Waals surface area contributed by atoms with Gasteiger partial charge in [0.05, 0.1) is 25.4 Å². The molecule has 0 aromatic heterocycles. The average molecular weight is 1170 g/mol. The Morgan fingerprint density at radius 3 is 0.964 bits per heavy atom. The van der Waals surface area contributed by atoms with Gasteiger partial charge in [0.2, 0.25) is 5.91 Å². The molecule has 83 heavy (non-hydrogen) atoms. The molecule has 6 nitrogen and oxygen atoms in total. The van der Waals surface area contributed by atoms with E-state index in [1.165, 1.54) is 334 Å². The monoisotopic (exact) mass is 1170 g/mol. The first kappa shape index (κ1) is 81.1. The Bertz CT molecular complexity index is 1340. The molecule has 0 rings (SSSR count). The lowest BCUT2D eigenvalue weighted by Crippen LogP contribution is -2.45. The summed E-state index contributed by atoms with van der Waals surface area (Å²) in [6, 6.07) is -0.542. The van der Waals surface area contributed by atoms with Gasteiger partial charge in [-0.3, -0.25) is 9.59 Å². The SMILES string of the molecule is CCCC/C=C\C/C=C\CCCCCCCC(=O)OCCCCCCCCCCCCCC/C=C\CCCCCCCCCCCCCCCCC(=O)NC(CO)C(O)CCCCCCCCCCCCCCCCCCCCCCCC. The number of allylic oxidation sites excluding steroid dienone is 6. The predicted molar refractivity (Wildman–Crippen MR) is 366 cm³/mol. The van der Waals surface area contributed by atoms with Crippen molar-refractivity contribution in [2.45, 2.75) is 431 Å². The van der Waals surface area contributed by atoms with Crippen LogP contribution in [0.4, 0.5) is 0 Å². The second-order valence-electron chi connectivity index (χ2n) is 26.0. The summed E-state index contributed by atoms with van der Waals surface area (Å²) in [7, 11) is 0. The van der Waals surface area contributed by atoms with E-state index >= 15 is 0 Å². The second-order valence-corrected chi connectivity index (χ2v) is 26.0. The summed E-state index contributed by atoms with van der Waals surface area (Å²) in [5.41, 5.74) is 0. The summed E-state index contributed by atoms with van der Waals surface area (Å²) in [5.74, 6) is -0.0258. The Kier molecular flexibility index (Phi) is 70.9. The van der Waals surface area contributed by atoms with Gasteiger partial charge in [0, 0.05) is 12.8 Å².